The normalized spacial score (nSPS) is 10.3. The first-order valence-electron chi connectivity index (χ1n) is 9.47. The Hall–Kier alpha value is -3.70. The minimum Gasteiger partial charge on any atom is -0.382 e. The van der Waals surface area contributed by atoms with Gasteiger partial charge in [-0.2, -0.15) is 5.26 Å². The maximum atomic E-state index is 14.0. The maximum absolute atomic E-state index is 14.0. The topological polar surface area (TPSA) is 114 Å². The lowest BCUT2D eigenvalue weighted by Crippen LogP contribution is -2.01. The number of rotatable bonds is 3. The van der Waals surface area contributed by atoms with Crippen molar-refractivity contribution in [3.8, 4) is 17.3 Å². The van der Waals surface area contributed by atoms with Crippen LogP contribution in [-0.2, 0) is 6.42 Å². The number of pyridine rings is 1. The number of thioether (sulfide) groups is 1. The number of para-hydroxylation sites is 1. The minimum atomic E-state index is -0.266. The van der Waals surface area contributed by atoms with Crippen LogP contribution in [0.4, 0.5) is 16.0 Å². The van der Waals surface area contributed by atoms with Gasteiger partial charge in [0.2, 0.25) is 0 Å². The fraction of sp³-hybridized carbons (Fsp3) is 0.130. The second-order valence-corrected chi connectivity index (χ2v) is 7.34. The Balaban J connectivity index is 0.000000229. The zero-order valence-corrected chi connectivity index (χ0v) is 17.9. The van der Waals surface area contributed by atoms with E-state index in [1.807, 2.05) is 24.5 Å². The second-order valence-electron chi connectivity index (χ2n) is 6.49. The average Bonchev–Trinajstić information content (AvgIpc) is 2.79. The summed E-state index contributed by atoms with van der Waals surface area (Å²) in [7, 11) is 0. The number of fused-ring (bicyclic) bond motifs is 1. The van der Waals surface area contributed by atoms with E-state index in [0.29, 0.717) is 5.52 Å². The third-order valence-electron chi connectivity index (χ3n) is 4.64. The molecule has 0 unspecified atom stereocenters. The first kappa shape index (κ1) is 22.0. The van der Waals surface area contributed by atoms with E-state index in [2.05, 4.69) is 40.1 Å². The summed E-state index contributed by atoms with van der Waals surface area (Å²) in [5, 5.41) is 9.27. The van der Waals surface area contributed by atoms with Gasteiger partial charge in [-0.3, -0.25) is 0 Å². The average molecular weight is 433 g/mol. The molecule has 0 spiro atoms. The van der Waals surface area contributed by atoms with Crippen molar-refractivity contribution in [1.82, 2.24) is 15.0 Å². The lowest BCUT2D eigenvalue weighted by Gasteiger charge is -2.12. The van der Waals surface area contributed by atoms with Gasteiger partial charge in [-0.25, -0.2) is 19.3 Å². The molecule has 0 aliphatic rings. The highest BCUT2D eigenvalue weighted by Gasteiger charge is 2.13. The SMILES string of the molecule is CCc1cc2cccc(F)c2nc1-c1ccccc1SC.N#Cc1c(N)ncnc1N. The molecule has 8 heteroatoms. The van der Waals surface area contributed by atoms with Crippen LogP contribution in [0.15, 0.2) is 59.8 Å². The van der Waals surface area contributed by atoms with Crippen LogP contribution in [0, 0.1) is 17.1 Å². The molecule has 0 saturated heterocycles. The Labute approximate surface area is 184 Å². The molecule has 156 valence electrons. The summed E-state index contributed by atoms with van der Waals surface area (Å²) >= 11 is 1.69. The predicted octanol–water partition coefficient (Wildman–Crippen LogP) is 4.84. The summed E-state index contributed by atoms with van der Waals surface area (Å²) in [5.74, 6) is -0.0250. The van der Waals surface area contributed by atoms with Crippen molar-refractivity contribution in [3.63, 3.8) is 0 Å². The van der Waals surface area contributed by atoms with Crippen molar-refractivity contribution in [2.75, 3.05) is 17.7 Å². The zero-order chi connectivity index (χ0) is 22.4. The van der Waals surface area contributed by atoms with Gasteiger partial charge < -0.3 is 11.5 Å². The van der Waals surface area contributed by atoms with E-state index >= 15 is 0 Å². The van der Waals surface area contributed by atoms with Gasteiger partial charge in [0.1, 0.15) is 40.9 Å². The molecule has 4 aromatic rings. The van der Waals surface area contributed by atoms with Crippen LogP contribution in [0.25, 0.3) is 22.2 Å². The number of aromatic nitrogens is 3. The van der Waals surface area contributed by atoms with Crippen LogP contribution in [0.5, 0.6) is 0 Å². The number of aryl methyl sites for hydroxylation is 1. The minimum absolute atomic E-state index is 0.120. The molecule has 0 atom stereocenters. The van der Waals surface area contributed by atoms with Crippen molar-refractivity contribution in [3.05, 3.63) is 71.8 Å². The summed E-state index contributed by atoms with van der Waals surface area (Å²) < 4.78 is 14.0. The van der Waals surface area contributed by atoms with E-state index in [4.69, 9.17) is 16.7 Å². The number of nitrogen functional groups attached to an aromatic ring is 2. The monoisotopic (exact) mass is 432 g/mol. The third kappa shape index (κ3) is 4.73. The summed E-state index contributed by atoms with van der Waals surface area (Å²) in [5.41, 5.74) is 14.3. The molecule has 0 bridgehead atoms. The molecule has 0 amide bonds. The van der Waals surface area contributed by atoms with E-state index < -0.39 is 0 Å². The molecule has 0 aliphatic heterocycles. The van der Waals surface area contributed by atoms with Gasteiger partial charge in [0.25, 0.3) is 0 Å². The van der Waals surface area contributed by atoms with Crippen LogP contribution in [0.2, 0.25) is 0 Å². The molecule has 0 aliphatic carbocycles. The summed E-state index contributed by atoms with van der Waals surface area (Å²) in [4.78, 5) is 12.9. The van der Waals surface area contributed by atoms with Gasteiger partial charge in [-0.1, -0.05) is 37.3 Å². The van der Waals surface area contributed by atoms with E-state index in [-0.39, 0.29) is 23.0 Å². The summed E-state index contributed by atoms with van der Waals surface area (Å²) in [6.45, 7) is 2.10. The number of nitrogens with two attached hydrogens (primary N) is 2. The molecule has 4 N–H and O–H groups in total. The van der Waals surface area contributed by atoms with Gasteiger partial charge in [0.05, 0.1) is 5.69 Å². The largest absolute Gasteiger partial charge is 0.382 e. The lowest BCUT2D eigenvalue weighted by atomic mass is 10.0. The first-order chi connectivity index (χ1) is 15.0. The van der Waals surface area contributed by atoms with Crippen molar-refractivity contribution >= 4 is 34.3 Å². The number of nitrogens with zero attached hydrogens (tertiary/aromatic N) is 4. The Morgan fingerprint density at radius 2 is 1.77 bits per heavy atom. The number of nitriles is 1. The van der Waals surface area contributed by atoms with Crippen molar-refractivity contribution < 1.29 is 4.39 Å². The van der Waals surface area contributed by atoms with E-state index in [9.17, 15) is 4.39 Å². The fourth-order valence-electron chi connectivity index (χ4n) is 3.08. The van der Waals surface area contributed by atoms with Gasteiger partial charge in [-0.15, -0.1) is 11.8 Å². The van der Waals surface area contributed by atoms with Crippen molar-refractivity contribution in [1.29, 1.82) is 5.26 Å². The molecule has 0 saturated carbocycles. The predicted molar refractivity (Wildman–Crippen MR) is 124 cm³/mol. The number of halogens is 1. The Morgan fingerprint density at radius 3 is 2.39 bits per heavy atom. The van der Waals surface area contributed by atoms with E-state index in [0.717, 1.165) is 33.5 Å². The number of hydrogen-bond donors (Lipinski definition) is 2. The molecular weight excluding hydrogens is 411 g/mol. The Morgan fingerprint density at radius 1 is 1.06 bits per heavy atom. The molecule has 2 aromatic carbocycles. The molecule has 4 rings (SSSR count). The highest BCUT2D eigenvalue weighted by Crippen LogP contribution is 2.33. The Kier molecular flexibility index (Phi) is 7.00. The van der Waals surface area contributed by atoms with Crippen LogP contribution in [-0.4, -0.2) is 21.2 Å². The number of hydrogen-bond acceptors (Lipinski definition) is 7. The molecule has 6 nitrogen and oxygen atoms in total. The number of anilines is 2. The van der Waals surface area contributed by atoms with Crippen LogP contribution < -0.4 is 11.5 Å². The molecular formula is C23H21FN6S. The van der Waals surface area contributed by atoms with Gasteiger partial charge in [0, 0.05) is 15.8 Å². The van der Waals surface area contributed by atoms with Crippen LogP contribution in [0.1, 0.15) is 18.1 Å². The van der Waals surface area contributed by atoms with Gasteiger partial charge in [-0.05, 0) is 36.4 Å². The maximum Gasteiger partial charge on any atom is 0.149 e. The summed E-state index contributed by atoms with van der Waals surface area (Å²) in [6.07, 6.45) is 4.13. The zero-order valence-electron chi connectivity index (χ0n) is 17.1. The highest BCUT2D eigenvalue weighted by molar-refractivity contribution is 7.98. The quantitative estimate of drug-likeness (QED) is 0.445. The lowest BCUT2D eigenvalue weighted by molar-refractivity contribution is 0.637. The van der Waals surface area contributed by atoms with Crippen molar-refractivity contribution in [2.45, 2.75) is 18.2 Å². The Bertz CT molecular complexity index is 1250. The standard InChI is InChI=1S/C18H16FNS.C5H5N5/c1-3-12-11-13-7-6-9-15(19)18(13)20-17(12)14-8-4-5-10-16(14)21-2;6-1-3-4(7)9-2-10-5(3)8/h4-11H,3H2,1-2H3;2H,(H4,7,8,9,10). The number of benzene rings is 2. The van der Waals surface area contributed by atoms with E-state index in [1.165, 1.54) is 12.4 Å². The van der Waals surface area contributed by atoms with Gasteiger partial charge in [0.15, 0.2) is 0 Å². The molecule has 0 radical (unpaired) electrons. The third-order valence-corrected chi connectivity index (χ3v) is 5.43. The smallest absolute Gasteiger partial charge is 0.149 e. The summed E-state index contributed by atoms with van der Waals surface area (Å²) in [6, 6.07) is 17.1. The first-order valence-corrected chi connectivity index (χ1v) is 10.7. The van der Waals surface area contributed by atoms with E-state index in [1.54, 1.807) is 23.9 Å². The van der Waals surface area contributed by atoms with Gasteiger partial charge >= 0.3 is 0 Å². The molecule has 0 fully saturated rings. The molecule has 2 heterocycles. The highest BCUT2D eigenvalue weighted by atomic mass is 32.2. The van der Waals surface area contributed by atoms with Crippen LogP contribution in [0.3, 0.4) is 0 Å². The fourth-order valence-corrected chi connectivity index (χ4v) is 3.68. The molecule has 2 aromatic heterocycles. The molecule has 31 heavy (non-hydrogen) atoms. The van der Waals surface area contributed by atoms with Crippen molar-refractivity contribution in [2.24, 2.45) is 0 Å². The second kappa shape index (κ2) is 9.87. The van der Waals surface area contributed by atoms with Crippen LogP contribution >= 0.6 is 11.8 Å².